The minimum atomic E-state index is 0.0941. The summed E-state index contributed by atoms with van der Waals surface area (Å²) in [4.78, 5) is 30.3. The van der Waals surface area contributed by atoms with E-state index in [2.05, 4.69) is 24.4 Å². The topological polar surface area (TPSA) is 67.2 Å². The Hall–Kier alpha value is -2.44. The van der Waals surface area contributed by atoms with Gasteiger partial charge in [0.2, 0.25) is 5.95 Å². The Morgan fingerprint density at radius 1 is 1.04 bits per heavy atom. The molecule has 0 saturated carbocycles. The van der Waals surface area contributed by atoms with Gasteiger partial charge in [-0.25, -0.2) is 15.0 Å². The number of rotatable bonds is 2. The fraction of sp³-hybridized carbons (Fsp3) is 0.529. The molecule has 2 aromatic rings. The van der Waals surface area contributed by atoms with Crippen molar-refractivity contribution < 1.29 is 4.79 Å². The fourth-order valence-electron chi connectivity index (χ4n) is 3.55. The number of imidazole rings is 1. The summed E-state index contributed by atoms with van der Waals surface area (Å²) in [5, 5.41) is 0. The monoisotopic (exact) mass is 326 g/mol. The van der Waals surface area contributed by atoms with Gasteiger partial charge in [-0.1, -0.05) is 0 Å². The van der Waals surface area contributed by atoms with Crippen LogP contribution in [0, 0.1) is 13.8 Å². The second kappa shape index (κ2) is 5.89. The van der Waals surface area contributed by atoms with E-state index in [1.54, 1.807) is 6.20 Å². The number of aryl methyl sites for hydroxylation is 3. The van der Waals surface area contributed by atoms with Crippen LogP contribution in [0.2, 0.25) is 0 Å². The van der Waals surface area contributed by atoms with Crippen molar-refractivity contribution in [3.8, 4) is 0 Å². The number of piperazine rings is 1. The molecule has 0 unspecified atom stereocenters. The fourth-order valence-corrected chi connectivity index (χ4v) is 3.55. The SMILES string of the molecule is Cc1cc(C)nc(N2CCN(C(=O)c3cnc4n3CCC4)CC2)n1. The van der Waals surface area contributed by atoms with Crippen molar-refractivity contribution >= 4 is 11.9 Å². The molecule has 2 aliphatic rings. The van der Waals surface area contributed by atoms with Gasteiger partial charge in [0, 0.05) is 50.5 Å². The van der Waals surface area contributed by atoms with E-state index in [9.17, 15) is 4.79 Å². The third-order valence-corrected chi connectivity index (χ3v) is 4.76. The molecule has 126 valence electrons. The van der Waals surface area contributed by atoms with E-state index < -0.39 is 0 Å². The molecule has 24 heavy (non-hydrogen) atoms. The molecule has 1 fully saturated rings. The highest BCUT2D eigenvalue weighted by Crippen LogP contribution is 2.19. The molecule has 1 amide bonds. The maximum atomic E-state index is 12.8. The first-order chi connectivity index (χ1) is 11.6. The van der Waals surface area contributed by atoms with Gasteiger partial charge in [-0.05, 0) is 26.3 Å². The van der Waals surface area contributed by atoms with E-state index in [1.165, 1.54) is 0 Å². The summed E-state index contributed by atoms with van der Waals surface area (Å²) in [6, 6.07) is 1.98. The molecule has 4 rings (SSSR count). The molecule has 0 spiro atoms. The maximum Gasteiger partial charge on any atom is 0.272 e. The minimum Gasteiger partial charge on any atom is -0.337 e. The van der Waals surface area contributed by atoms with Crippen molar-refractivity contribution in [3.63, 3.8) is 0 Å². The highest BCUT2D eigenvalue weighted by molar-refractivity contribution is 5.92. The van der Waals surface area contributed by atoms with Crippen molar-refractivity contribution in [2.45, 2.75) is 33.2 Å². The largest absolute Gasteiger partial charge is 0.337 e. The predicted octanol–water partition coefficient (Wildman–Crippen LogP) is 1.20. The number of anilines is 1. The molecule has 2 aliphatic heterocycles. The van der Waals surface area contributed by atoms with Crippen LogP contribution in [0.3, 0.4) is 0 Å². The predicted molar refractivity (Wildman–Crippen MR) is 90.2 cm³/mol. The number of carbonyl (C=O) groups is 1. The van der Waals surface area contributed by atoms with Crippen molar-refractivity contribution in [1.29, 1.82) is 0 Å². The lowest BCUT2D eigenvalue weighted by Crippen LogP contribution is -2.49. The molecule has 2 aromatic heterocycles. The Morgan fingerprint density at radius 2 is 1.75 bits per heavy atom. The van der Waals surface area contributed by atoms with Crippen LogP contribution in [0.1, 0.15) is 34.1 Å². The smallest absolute Gasteiger partial charge is 0.272 e. The zero-order chi connectivity index (χ0) is 16.7. The summed E-state index contributed by atoms with van der Waals surface area (Å²) >= 11 is 0. The Balaban J connectivity index is 1.45. The van der Waals surface area contributed by atoms with Crippen molar-refractivity contribution in [2.24, 2.45) is 0 Å². The summed E-state index contributed by atoms with van der Waals surface area (Å²) in [6.45, 7) is 7.78. The van der Waals surface area contributed by atoms with Crippen molar-refractivity contribution in [1.82, 2.24) is 24.4 Å². The number of aromatic nitrogens is 4. The van der Waals surface area contributed by atoms with E-state index in [0.717, 1.165) is 61.3 Å². The molecule has 0 bridgehead atoms. The number of nitrogens with zero attached hydrogens (tertiary/aromatic N) is 6. The van der Waals surface area contributed by atoms with Gasteiger partial charge in [-0.15, -0.1) is 0 Å². The van der Waals surface area contributed by atoms with Gasteiger partial charge in [-0.2, -0.15) is 0 Å². The number of fused-ring (bicyclic) bond motifs is 1. The molecule has 0 radical (unpaired) electrons. The third kappa shape index (κ3) is 2.64. The lowest BCUT2D eigenvalue weighted by atomic mass is 10.3. The van der Waals surface area contributed by atoms with Crippen LogP contribution in [0.15, 0.2) is 12.3 Å². The first-order valence-electron chi connectivity index (χ1n) is 8.53. The number of carbonyl (C=O) groups excluding carboxylic acids is 1. The average molecular weight is 326 g/mol. The maximum absolute atomic E-state index is 12.8. The number of hydrogen-bond acceptors (Lipinski definition) is 5. The van der Waals surface area contributed by atoms with E-state index in [1.807, 2.05) is 24.8 Å². The van der Waals surface area contributed by atoms with Crippen LogP contribution in [0.5, 0.6) is 0 Å². The van der Waals surface area contributed by atoms with E-state index in [0.29, 0.717) is 13.1 Å². The summed E-state index contributed by atoms with van der Waals surface area (Å²) in [5.41, 5.74) is 2.69. The van der Waals surface area contributed by atoms with Crippen LogP contribution in [-0.4, -0.2) is 56.5 Å². The van der Waals surface area contributed by atoms with Gasteiger partial charge in [0.25, 0.3) is 5.91 Å². The summed E-state index contributed by atoms with van der Waals surface area (Å²) in [5.74, 6) is 1.90. The van der Waals surface area contributed by atoms with Gasteiger partial charge < -0.3 is 14.4 Å². The third-order valence-electron chi connectivity index (χ3n) is 4.76. The van der Waals surface area contributed by atoms with Gasteiger partial charge in [-0.3, -0.25) is 4.79 Å². The molecular weight excluding hydrogens is 304 g/mol. The highest BCUT2D eigenvalue weighted by Gasteiger charge is 2.27. The normalized spacial score (nSPS) is 17.2. The molecule has 0 aromatic carbocycles. The summed E-state index contributed by atoms with van der Waals surface area (Å²) in [6.07, 6.45) is 3.79. The molecule has 0 aliphatic carbocycles. The van der Waals surface area contributed by atoms with Crippen LogP contribution in [-0.2, 0) is 13.0 Å². The van der Waals surface area contributed by atoms with Crippen LogP contribution in [0.25, 0.3) is 0 Å². The van der Waals surface area contributed by atoms with Crippen LogP contribution in [0.4, 0.5) is 5.95 Å². The van der Waals surface area contributed by atoms with Crippen LogP contribution < -0.4 is 4.90 Å². The second-order valence-electron chi connectivity index (χ2n) is 6.54. The molecule has 0 atom stereocenters. The Kier molecular flexibility index (Phi) is 3.70. The van der Waals surface area contributed by atoms with Gasteiger partial charge in [0.1, 0.15) is 11.5 Å². The standard InChI is InChI=1S/C17H22N6O/c1-12-10-13(2)20-17(19-12)22-8-6-21(7-9-22)16(24)14-11-18-15-4-3-5-23(14)15/h10-11H,3-9H2,1-2H3. The van der Waals surface area contributed by atoms with Crippen LogP contribution >= 0.6 is 0 Å². The molecule has 1 saturated heterocycles. The highest BCUT2D eigenvalue weighted by atomic mass is 16.2. The Labute approximate surface area is 141 Å². The molecular formula is C17H22N6O. The summed E-state index contributed by atoms with van der Waals surface area (Å²) < 4.78 is 2.07. The second-order valence-corrected chi connectivity index (χ2v) is 6.54. The van der Waals surface area contributed by atoms with Crippen molar-refractivity contribution in [2.75, 3.05) is 31.1 Å². The quantitative estimate of drug-likeness (QED) is 0.829. The lowest BCUT2D eigenvalue weighted by molar-refractivity contribution is 0.0735. The van der Waals surface area contributed by atoms with Gasteiger partial charge >= 0.3 is 0 Å². The zero-order valence-corrected chi connectivity index (χ0v) is 14.2. The van der Waals surface area contributed by atoms with Gasteiger partial charge in [0.15, 0.2) is 0 Å². The average Bonchev–Trinajstić information content (AvgIpc) is 3.17. The summed E-state index contributed by atoms with van der Waals surface area (Å²) in [7, 11) is 0. The molecule has 0 N–H and O–H groups in total. The Bertz CT molecular complexity index is 755. The zero-order valence-electron chi connectivity index (χ0n) is 14.2. The first kappa shape index (κ1) is 15.1. The van der Waals surface area contributed by atoms with E-state index in [4.69, 9.17) is 0 Å². The first-order valence-corrected chi connectivity index (χ1v) is 8.53. The number of hydrogen-bond donors (Lipinski definition) is 0. The van der Waals surface area contributed by atoms with Gasteiger partial charge in [0.05, 0.1) is 6.20 Å². The molecule has 7 heteroatoms. The van der Waals surface area contributed by atoms with E-state index >= 15 is 0 Å². The lowest BCUT2D eigenvalue weighted by Gasteiger charge is -2.34. The molecule has 7 nitrogen and oxygen atoms in total. The minimum absolute atomic E-state index is 0.0941. The van der Waals surface area contributed by atoms with Crippen molar-refractivity contribution in [3.05, 3.63) is 35.2 Å². The van der Waals surface area contributed by atoms with E-state index in [-0.39, 0.29) is 5.91 Å². The molecule has 4 heterocycles. The Morgan fingerprint density at radius 3 is 2.46 bits per heavy atom. The number of amides is 1.